The van der Waals surface area contributed by atoms with E-state index in [0.717, 1.165) is 25.8 Å². The van der Waals surface area contributed by atoms with Crippen molar-refractivity contribution in [1.29, 1.82) is 0 Å². The molecule has 0 atom stereocenters. The molecule has 0 aliphatic heterocycles. The zero-order chi connectivity index (χ0) is 10.2. The fraction of sp³-hybridized carbons (Fsp3) is 0.333. The highest BCUT2D eigenvalue weighted by Crippen LogP contribution is 2.07. The van der Waals surface area contributed by atoms with Crippen molar-refractivity contribution in [2.24, 2.45) is 5.84 Å². The van der Waals surface area contributed by atoms with Crippen LogP contribution >= 0.6 is 0 Å². The topological polar surface area (TPSA) is 38.0 Å². The lowest BCUT2D eigenvalue weighted by atomic mass is 10.1. The molecular weight excluding hydrogens is 172 g/mol. The van der Waals surface area contributed by atoms with Crippen molar-refractivity contribution in [2.75, 3.05) is 6.54 Å². The highest BCUT2D eigenvalue weighted by Gasteiger charge is 1.95. The lowest BCUT2D eigenvalue weighted by molar-refractivity contribution is 0.731. The van der Waals surface area contributed by atoms with E-state index in [0.29, 0.717) is 0 Å². The van der Waals surface area contributed by atoms with Crippen LogP contribution in [0.3, 0.4) is 0 Å². The molecule has 0 aromatic heterocycles. The number of hydrazine groups is 1. The zero-order valence-corrected chi connectivity index (χ0v) is 8.50. The molecule has 0 amide bonds. The summed E-state index contributed by atoms with van der Waals surface area (Å²) in [7, 11) is 0. The van der Waals surface area contributed by atoms with Gasteiger partial charge in [0.05, 0.1) is 0 Å². The van der Waals surface area contributed by atoms with E-state index < -0.39 is 0 Å². The number of hydrogen-bond donors (Lipinski definition) is 2. The van der Waals surface area contributed by atoms with Gasteiger partial charge in [0.15, 0.2) is 0 Å². The molecule has 0 radical (unpaired) electrons. The maximum absolute atomic E-state index is 5.20. The van der Waals surface area contributed by atoms with Crippen LogP contribution in [0.4, 0.5) is 0 Å². The monoisotopic (exact) mass is 190 g/mol. The number of nitrogens with one attached hydrogen (secondary N) is 1. The maximum Gasteiger partial charge on any atom is 0.0305 e. The van der Waals surface area contributed by atoms with Gasteiger partial charge in [-0.3, -0.25) is 11.3 Å². The van der Waals surface area contributed by atoms with Crippen molar-refractivity contribution in [3.05, 3.63) is 48.0 Å². The molecule has 0 aliphatic rings. The van der Waals surface area contributed by atoms with Crippen LogP contribution in [0.15, 0.2) is 42.5 Å². The van der Waals surface area contributed by atoms with E-state index in [1.165, 1.54) is 11.1 Å². The molecule has 3 N–H and O–H groups in total. The molecule has 14 heavy (non-hydrogen) atoms. The average molecular weight is 190 g/mol. The summed E-state index contributed by atoms with van der Waals surface area (Å²) < 4.78 is 0. The van der Waals surface area contributed by atoms with Gasteiger partial charge < -0.3 is 0 Å². The first kappa shape index (κ1) is 11.0. The molecule has 2 heteroatoms. The number of benzene rings is 1. The molecule has 0 unspecified atom stereocenters. The Labute approximate surface area is 85.8 Å². The number of aryl methyl sites for hydroxylation is 1. The molecule has 76 valence electrons. The summed E-state index contributed by atoms with van der Waals surface area (Å²) in [6.07, 6.45) is 3.30. The normalized spacial score (nSPS) is 10.1. The Morgan fingerprint density at radius 1 is 1.29 bits per heavy atom. The summed E-state index contributed by atoms with van der Waals surface area (Å²) in [5.41, 5.74) is 5.18. The van der Waals surface area contributed by atoms with Crippen LogP contribution in [0.1, 0.15) is 18.4 Å². The quantitative estimate of drug-likeness (QED) is 0.409. The van der Waals surface area contributed by atoms with Gasteiger partial charge in [0, 0.05) is 6.54 Å². The van der Waals surface area contributed by atoms with Gasteiger partial charge in [0.1, 0.15) is 0 Å². The second kappa shape index (κ2) is 6.35. The minimum atomic E-state index is 0.717. The highest BCUT2D eigenvalue weighted by atomic mass is 15.2. The third-order valence-electron chi connectivity index (χ3n) is 2.19. The minimum absolute atomic E-state index is 0.717. The Kier molecular flexibility index (Phi) is 4.97. The largest absolute Gasteiger partial charge is 0.271 e. The van der Waals surface area contributed by atoms with Crippen LogP contribution in [0, 0.1) is 0 Å². The summed E-state index contributed by atoms with van der Waals surface area (Å²) in [6, 6.07) is 10.5. The minimum Gasteiger partial charge on any atom is -0.271 e. The molecule has 0 saturated carbocycles. The van der Waals surface area contributed by atoms with Gasteiger partial charge in [-0.1, -0.05) is 42.5 Å². The summed E-state index contributed by atoms with van der Waals surface area (Å²) in [6.45, 7) is 4.65. The first-order valence-electron chi connectivity index (χ1n) is 4.97. The van der Waals surface area contributed by atoms with Crippen LogP contribution in [0.2, 0.25) is 0 Å². The zero-order valence-electron chi connectivity index (χ0n) is 8.50. The molecule has 2 nitrogen and oxygen atoms in total. The summed E-state index contributed by atoms with van der Waals surface area (Å²) >= 11 is 0. The average Bonchev–Trinajstić information content (AvgIpc) is 2.20. The fourth-order valence-corrected chi connectivity index (χ4v) is 1.42. The third-order valence-corrected chi connectivity index (χ3v) is 2.19. The highest BCUT2D eigenvalue weighted by molar-refractivity contribution is 5.14. The van der Waals surface area contributed by atoms with E-state index in [9.17, 15) is 0 Å². The molecule has 0 saturated heterocycles. The van der Waals surface area contributed by atoms with Gasteiger partial charge >= 0.3 is 0 Å². The van der Waals surface area contributed by atoms with Gasteiger partial charge in [0.2, 0.25) is 0 Å². The number of hydrogen-bond acceptors (Lipinski definition) is 2. The number of nitrogens with two attached hydrogens (primary N) is 1. The van der Waals surface area contributed by atoms with Crippen molar-refractivity contribution in [2.45, 2.75) is 19.3 Å². The van der Waals surface area contributed by atoms with Crippen molar-refractivity contribution in [3.8, 4) is 0 Å². The van der Waals surface area contributed by atoms with Gasteiger partial charge in [-0.15, -0.1) is 0 Å². The Balaban J connectivity index is 2.19. The first-order valence-corrected chi connectivity index (χ1v) is 4.97. The smallest absolute Gasteiger partial charge is 0.0305 e. The van der Waals surface area contributed by atoms with Crippen molar-refractivity contribution < 1.29 is 0 Å². The van der Waals surface area contributed by atoms with E-state index >= 15 is 0 Å². The molecule has 0 heterocycles. The predicted octanol–water partition coefficient (Wildman–Crippen LogP) is 2.03. The lowest BCUT2D eigenvalue weighted by Gasteiger charge is -2.04. The Morgan fingerprint density at radius 2 is 2.00 bits per heavy atom. The number of rotatable bonds is 6. The Hall–Kier alpha value is -1.12. The van der Waals surface area contributed by atoms with Crippen LogP contribution in [-0.2, 0) is 6.42 Å². The van der Waals surface area contributed by atoms with E-state index in [-0.39, 0.29) is 0 Å². The van der Waals surface area contributed by atoms with Gasteiger partial charge in [-0.25, -0.2) is 0 Å². The SMILES string of the molecule is C=C(CCCc1ccccc1)CNN. The molecule has 1 rings (SSSR count). The van der Waals surface area contributed by atoms with Gasteiger partial charge in [0.25, 0.3) is 0 Å². The van der Waals surface area contributed by atoms with Crippen molar-refractivity contribution >= 4 is 0 Å². The summed E-state index contributed by atoms with van der Waals surface area (Å²) in [4.78, 5) is 0. The van der Waals surface area contributed by atoms with Gasteiger partial charge in [-0.2, -0.15) is 0 Å². The molecule has 0 spiro atoms. The van der Waals surface area contributed by atoms with Crippen molar-refractivity contribution in [3.63, 3.8) is 0 Å². The fourth-order valence-electron chi connectivity index (χ4n) is 1.42. The van der Waals surface area contributed by atoms with E-state index in [2.05, 4.69) is 36.3 Å². The molecular formula is C12H18N2. The van der Waals surface area contributed by atoms with E-state index in [1.807, 2.05) is 6.07 Å². The molecule has 0 fully saturated rings. The third kappa shape index (κ3) is 4.21. The molecule has 0 aliphatic carbocycles. The molecule has 0 bridgehead atoms. The van der Waals surface area contributed by atoms with E-state index in [4.69, 9.17) is 5.84 Å². The van der Waals surface area contributed by atoms with E-state index in [1.54, 1.807) is 0 Å². The molecule has 1 aromatic carbocycles. The first-order chi connectivity index (χ1) is 6.83. The second-order valence-electron chi connectivity index (χ2n) is 3.47. The van der Waals surface area contributed by atoms with Crippen LogP contribution in [0.25, 0.3) is 0 Å². The van der Waals surface area contributed by atoms with Crippen LogP contribution < -0.4 is 11.3 Å². The predicted molar refractivity (Wildman–Crippen MR) is 60.7 cm³/mol. The lowest BCUT2D eigenvalue weighted by Crippen LogP contribution is -2.24. The standard InChI is InChI=1S/C12H18N2/c1-11(10-14-13)6-5-9-12-7-3-2-4-8-12/h2-4,7-8,14H,1,5-6,9-10,13H2. The Bertz CT molecular complexity index is 267. The maximum atomic E-state index is 5.20. The summed E-state index contributed by atoms with van der Waals surface area (Å²) in [5.74, 6) is 5.20. The van der Waals surface area contributed by atoms with Crippen LogP contribution in [0.5, 0.6) is 0 Å². The second-order valence-corrected chi connectivity index (χ2v) is 3.47. The molecule has 1 aromatic rings. The Morgan fingerprint density at radius 3 is 2.64 bits per heavy atom. The van der Waals surface area contributed by atoms with Crippen molar-refractivity contribution in [1.82, 2.24) is 5.43 Å². The summed E-state index contributed by atoms with van der Waals surface area (Å²) in [5, 5.41) is 0. The van der Waals surface area contributed by atoms with Gasteiger partial charge in [-0.05, 0) is 24.8 Å². The van der Waals surface area contributed by atoms with Crippen LogP contribution in [-0.4, -0.2) is 6.54 Å².